The number of hydrogen-bond donors (Lipinski definition) is 1. The number of halogens is 1. The van der Waals surface area contributed by atoms with Crippen molar-refractivity contribution >= 4 is 28.8 Å². The lowest BCUT2D eigenvalue weighted by Gasteiger charge is -2.11. The Bertz CT molecular complexity index is 1160. The van der Waals surface area contributed by atoms with Crippen LogP contribution in [0.5, 0.6) is 0 Å². The highest BCUT2D eigenvalue weighted by atomic mass is 35.5. The van der Waals surface area contributed by atoms with Gasteiger partial charge in [-0.1, -0.05) is 35.9 Å². The van der Waals surface area contributed by atoms with Crippen LogP contribution in [0.25, 0.3) is 16.9 Å². The normalized spacial score (nSPS) is 10.9. The van der Waals surface area contributed by atoms with Gasteiger partial charge in [0.05, 0.1) is 16.3 Å². The number of carbonyl (C=O) groups is 1. The highest BCUT2D eigenvalue weighted by molar-refractivity contribution is 6.34. The lowest BCUT2D eigenvalue weighted by molar-refractivity contribution is 0.102. The maximum absolute atomic E-state index is 12.6. The molecule has 1 N–H and O–H groups in total. The summed E-state index contributed by atoms with van der Waals surface area (Å²) in [7, 11) is 0. The summed E-state index contributed by atoms with van der Waals surface area (Å²) in [5.74, 6) is -0.230. The van der Waals surface area contributed by atoms with Gasteiger partial charge in [-0.3, -0.25) is 4.79 Å². The van der Waals surface area contributed by atoms with E-state index in [1.807, 2.05) is 61.0 Å². The minimum absolute atomic E-state index is 0.230. The number of aryl methyl sites for hydroxylation is 2. The van der Waals surface area contributed by atoms with E-state index in [4.69, 9.17) is 16.6 Å². The maximum Gasteiger partial charge on any atom is 0.257 e. The summed E-state index contributed by atoms with van der Waals surface area (Å²) in [6, 6.07) is 17.0. The molecule has 0 radical (unpaired) electrons. The third-order valence-corrected chi connectivity index (χ3v) is 4.85. The van der Waals surface area contributed by atoms with Gasteiger partial charge in [0.2, 0.25) is 0 Å². The number of imidazole rings is 1. The lowest BCUT2D eigenvalue weighted by Crippen LogP contribution is -2.13. The molecule has 0 spiro atoms. The third-order valence-electron chi connectivity index (χ3n) is 4.52. The van der Waals surface area contributed by atoms with E-state index in [0.29, 0.717) is 10.6 Å². The van der Waals surface area contributed by atoms with Crippen LogP contribution >= 0.6 is 11.6 Å². The maximum atomic E-state index is 12.6. The van der Waals surface area contributed by atoms with Crippen LogP contribution in [0.1, 0.15) is 21.5 Å². The number of nitrogens with zero attached hydrogens (tertiary/aromatic N) is 2. The average Bonchev–Trinajstić information content (AvgIpc) is 3.07. The molecule has 4 nitrogen and oxygen atoms in total. The summed E-state index contributed by atoms with van der Waals surface area (Å²) in [6.45, 7) is 4.00. The van der Waals surface area contributed by atoms with Crippen LogP contribution in [0.4, 0.5) is 5.69 Å². The van der Waals surface area contributed by atoms with E-state index in [1.54, 1.807) is 24.3 Å². The molecular formula is C22H18ClN3O. The molecule has 0 aliphatic heterocycles. The van der Waals surface area contributed by atoms with Gasteiger partial charge in [0.15, 0.2) is 0 Å². The van der Waals surface area contributed by atoms with Gasteiger partial charge in [0, 0.05) is 23.6 Å². The summed E-state index contributed by atoms with van der Waals surface area (Å²) >= 11 is 6.14. The molecule has 0 aliphatic carbocycles. The van der Waals surface area contributed by atoms with E-state index in [2.05, 4.69) is 5.32 Å². The predicted octanol–water partition coefficient (Wildman–Crippen LogP) is 5.52. The molecular weight excluding hydrogens is 358 g/mol. The Kier molecular flexibility index (Phi) is 4.42. The van der Waals surface area contributed by atoms with E-state index in [-0.39, 0.29) is 5.91 Å². The van der Waals surface area contributed by atoms with E-state index in [9.17, 15) is 4.79 Å². The molecule has 27 heavy (non-hydrogen) atoms. The minimum atomic E-state index is -0.230. The largest absolute Gasteiger partial charge is 0.322 e. The Morgan fingerprint density at radius 3 is 2.70 bits per heavy atom. The molecule has 2 heterocycles. The Morgan fingerprint density at radius 1 is 1.07 bits per heavy atom. The van der Waals surface area contributed by atoms with Crippen molar-refractivity contribution < 1.29 is 4.79 Å². The molecule has 4 aromatic rings. The van der Waals surface area contributed by atoms with Gasteiger partial charge in [-0.05, 0) is 55.3 Å². The fourth-order valence-electron chi connectivity index (χ4n) is 2.97. The van der Waals surface area contributed by atoms with Crippen LogP contribution in [0.2, 0.25) is 5.02 Å². The highest BCUT2D eigenvalue weighted by Crippen LogP contribution is 2.26. The van der Waals surface area contributed by atoms with Gasteiger partial charge in [-0.25, -0.2) is 4.98 Å². The van der Waals surface area contributed by atoms with E-state index in [0.717, 1.165) is 33.7 Å². The van der Waals surface area contributed by atoms with Crippen molar-refractivity contribution in [2.24, 2.45) is 0 Å². The monoisotopic (exact) mass is 375 g/mol. The second kappa shape index (κ2) is 6.89. The zero-order valence-corrected chi connectivity index (χ0v) is 15.8. The highest BCUT2D eigenvalue weighted by Gasteiger charge is 2.13. The van der Waals surface area contributed by atoms with Gasteiger partial charge in [-0.2, -0.15) is 0 Å². The fraction of sp³-hybridized carbons (Fsp3) is 0.0909. The van der Waals surface area contributed by atoms with Crippen LogP contribution in [-0.4, -0.2) is 15.3 Å². The third kappa shape index (κ3) is 3.44. The molecule has 4 rings (SSSR count). The number of hydrogen-bond acceptors (Lipinski definition) is 2. The predicted molar refractivity (Wildman–Crippen MR) is 110 cm³/mol. The van der Waals surface area contributed by atoms with Gasteiger partial charge in [0.1, 0.15) is 5.65 Å². The molecule has 0 unspecified atom stereocenters. The number of rotatable bonds is 3. The molecule has 134 valence electrons. The molecule has 0 saturated carbocycles. The molecule has 0 aliphatic rings. The first-order valence-corrected chi connectivity index (χ1v) is 9.01. The number of pyridine rings is 1. The first-order chi connectivity index (χ1) is 13.0. The number of amides is 1. The summed E-state index contributed by atoms with van der Waals surface area (Å²) in [6.07, 6.45) is 3.98. The summed E-state index contributed by atoms with van der Waals surface area (Å²) < 4.78 is 1.99. The van der Waals surface area contributed by atoms with E-state index < -0.39 is 0 Å². The number of carbonyl (C=O) groups excluding carboxylic acids is 1. The number of anilines is 1. The van der Waals surface area contributed by atoms with Gasteiger partial charge in [-0.15, -0.1) is 0 Å². The summed E-state index contributed by atoms with van der Waals surface area (Å²) in [5.41, 5.74) is 6.02. The Balaban J connectivity index is 1.68. The van der Waals surface area contributed by atoms with Gasteiger partial charge in [0.25, 0.3) is 5.91 Å². The average molecular weight is 376 g/mol. The van der Waals surface area contributed by atoms with Crippen LogP contribution < -0.4 is 5.32 Å². The SMILES string of the molecule is Cc1ccn2cc(-c3ccc(C)c(NC(=O)c4ccccc4Cl)c3)nc2c1. The minimum Gasteiger partial charge on any atom is -0.322 e. The van der Waals surface area contributed by atoms with Crippen molar-refractivity contribution in [3.8, 4) is 11.3 Å². The molecule has 0 atom stereocenters. The quantitative estimate of drug-likeness (QED) is 0.512. The van der Waals surface area contributed by atoms with Crippen LogP contribution in [0.15, 0.2) is 67.0 Å². The Morgan fingerprint density at radius 2 is 1.89 bits per heavy atom. The van der Waals surface area contributed by atoms with Crippen molar-refractivity contribution in [2.45, 2.75) is 13.8 Å². The van der Waals surface area contributed by atoms with Crippen molar-refractivity contribution in [3.05, 3.63) is 88.7 Å². The van der Waals surface area contributed by atoms with E-state index >= 15 is 0 Å². The molecule has 5 heteroatoms. The topological polar surface area (TPSA) is 46.4 Å². The van der Waals surface area contributed by atoms with E-state index in [1.165, 1.54) is 0 Å². The van der Waals surface area contributed by atoms with Gasteiger partial charge < -0.3 is 9.72 Å². The van der Waals surface area contributed by atoms with Crippen LogP contribution in [-0.2, 0) is 0 Å². The van der Waals surface area contributed by atoms with Crippen molar-refractivity contribution in [1.82, 2.24) is 9.38 Å². The van der Waals surface area contributed by atoms with Crippen molar-refractivity contribution in [3.63, 3.8) is 0 Å². The summed E-state index contributed by atoms with van der Waals surface area (Å²) in [5, 5.41) is 3.39. The lowest BCUT2D eigenvalue weighted by atomic mass is 10.1. The number of fused-ring (bicyclic) bond motifs is 1. The number of benzene rings is 2. The number of aromatic nitrogens is 2. The second-order valence-electron chi connectivity index (χ2n) is 6.56. The summed E-state index contributed by atoms with van der Waals surface area (Å²) in [4.78, 5) is 17.3. The fourth-order valence-corrected chi connectivity index (χ4v) is 3.20. The number of nitrogens with one attached hydrogen (secondary N) is 1. The van der Waals surface area contributed by atoms with Crippen molar-refractivity contribution in [2.75, 3.05) is 5.32 Å². The first-order valence-electron chi connectivity index (χ1n) is 8.63. The second-order valence-corrected chi connectivity index (χ2v) is 6.97. The molecule has 0 fully saturated rings. The first kappa shape index (κ1) is 17.3. The smallest absolute Gasteiger partial charge is 0.257 e. The Hall–Kier alpha value is -3.11. The van der Waals surface area contributed by atoms with Crippen LogP contribution in [0.3, 0.4) is 0 Å². The zero-order valence-electron chi connectivity index (χ0n) is 15.0. The molecule has 0 saturated heterocycles. The zero-order chi connectivity index (χ0) is 19.0. The molecule has 2 aromatic carbocycles. The Labute approximate surface area is 162 Å². The van der Waals surface area contributed by atoms with Gasteiger partial charge >= 0.3 is 0 Å². The van der Waals surface area contributed by atoms with Crippen LogP contribution in [0, 0.1) is 13.8 Å². The molecule has 2 aromatic heterocycles. The molecule has 1 amide bonds. The molecule has 0 bridgehead atoms. The van der Waals surface area contributed by atoms with Crippen molar-refractivity contribution in [1.29, 1.82) is 0 Å². The standard InChI is InChI=1S/C22H18ClN3O/c1-14-9-10-26-13-20(24-21(26)11-14)16-8-7-15(2)19(12-16)25-22(27)17-5-3-4-6-18(17)23/h3-13H,1-2H3,(H,25,27).